The lowest BCUT2D eigenvalue weighted by molar-refractivity contribution is -0.121. The molecule has 2 saturated heterocycles. The van der Waals surface area contributed by atoms with Crippen molar-refractivity contribution in [2.75, 3.05) is 26.2 Å². The van der Waals surface area contributed by atoms with Gasteiger partial charge in [0.2, 0.25) is 5.91 Å². The van der Waals surface area contributed by atoms with Gasteiger partial charge >= 0.3 is 0 Å². The maximum atomic E-state index is 12.2. The van der Waals surface area contributed by atoms with Crippen LogP contribution in [0.5, 0.6) is 0 Å². The first-order valence-corrected chi connectivity index (χ1v) is 16.7. The van der Waals surface area contributed by atoms with E-state index < -0.39 is 0 Å². The molecule has 6 rings (SSSR count). The Morgan fingerprint density at radius 3 is 2.63 bits per heavy atom. The number of hydrazine groups is 1. The lowest BCUT2D eigenvalue weighted by atomic mass is 9.47. The Morgan fingerprint density at radius 1 is 0.921 bits per heavy atom. The SMILES string of the molecule is CC(C)NC(=O)CCC[C@H]1CCC2C3CCC4CC5CC[C@]4(NNCCCCNCCCN5)C3CC[C@@]21C. The fourth-order valence-corrected chi connectivity index (χ4v) is 10.1. The molecule has 6 fully saturated rings. The van der Waals surface area contributed by atoms with Crippen molar-refractivity contribution in [1.82, 2.24) is 26.8 Å². The summed E-state index contributed by atoms with van der Waals surface area (Å²) >= 11 is 0. The van der Waals surface area contributed by atoms with Crippen molar-refractivity contribution in [3.05, 3.63) is 0 Å². The number of rotatable bonds is 5. The average molecular weight is 530 g/mol. The molecule has 1 amide bonds. The topological polar surface area (TPSA) is 77.2 Å². The molecule has 8 atom stereocenters. The van der Waals surface area contributed by atoms with Crippen LogP contribution in [0.4, 0.5) is 0 Å². The third-order valence-corrected chi connectivity index (χ3v) is 11.9. The molecule has 5 N–H and O–H groups in total. The van der Waals surface area contributed by atoms with Gasteiger partial charge in [-0.15, -0.1) is 0 Å². The van der Waals surface area contributed by atoms with E-state index in [1.54, 1.807) is 0 Å². The lowest BCUT2D eigenvalue weighted by Crippen LogP contribution is -2.69. The minimum Gasteiger partial charge on any atom is -0.354 e. The van der Waals surface area contributed by atoms with Crippen LogP contribution in [0.3, 0.4) is 0 Å². The maximum absolute atomic E-state index is 12.2. The van der Waals surface area contributed by atoms with Crippen LogP contribution in [0.1, 0.15) is 117 Å². The summed E-state index contributed by atoms with van der Waals surface area (Å²) < 4.78 is 0. The van der Waals surface area contributed by atoms with Crippen molar-refractivity contribution in [3.63, 3.8) is 0 Å². The monoisotopic (exact) mass is 529 g/mol. The smallest absolute Gasteiger partial charge is 0.220 e. The molecule has 0 aromatic carbocycles. The molecule has 2 heterocycles. The third kappa shape index (κ3) is 6.14. The molecular formula is C32H59N5O. The van der Waals surface area contributed by atoms with Gasteiger partial charge < -0.3 is 16.0 Å². The summed E-state index contributed by atoms with van der Waals surface area (Å²) in [5.41, 5.74) is 8.68. The van der Waals surface area contributed by atoms with Gasteiger partial charge in [-0.1, -0.05) is 6.92 Å². The number of carbonyl (C=O) groups excluding carboxylic acids is 1. The number of hydrogen-bond acceptors (Lipinski definition) is 5. The molecule has 218 valence electrons. The highest BCUT2D eigenvalue weighted by molar-refractivity contribution is 5.76. The lowest BCUT2D eigenvalue weighted by Gasteiger charge is -2.62. The summed E-state index contributed by atoms with van der Waals surface area (Å²) in [6.45, 7) is 11.3. The molecule has 6 nitrogen and oxygen atoms in total. The first-order chi connectivity index (χ1) is 18.4. The van der Waals surface area contributed by atoms with E-state index in [-0.39, 0.29) is 17.5 Å². The highest BCUT2D eigenvalue weighted by atomic mass is 16.1. The van der Waals surface area contributed by atoms with Crippen molar-refractivity contribution < 1.29 is 4.79 Å². The Bertz CT molecular complexity index is 771. The predicted octanol–water partition coefficient (Wildman–Crippen LogP) is 4.90. The van der Waals surface area contributed by atoms with E-state index >= 15 is 0 Å². The number of nitrogens with one attached hydrogen (secondary N) is 5. The van der Waals surface area contributed by atoms with Crippen molar-refractivity contribution in [3.8, 4) is 0 Å². The molecule has 1 spiro atoms. The fourth-order valence-electron chi connectivity index (χ4n) is 10.1. The maximum Gasteiger partial charge on any atom is 0.220 e. The summed E-state index contributed by atoms with van der Waals surface area (Å²) in [6.07, 6.45) is 19.2. The summed E-state index contributed by atoms with van der Waals surface area (Å²) in [5, 5.41) is 10.7. The average Bonchev–Trinajstić information content (AvgIpc) is 3.22. The van der Waals surface area contributed by atoms with Gasteiger partial charge in [0, 0.05) is 30.6 Å². The van der Waals surface area contributed by atoms with Crippen LogP contribution in [-0.2, 0) is 4.79 Å². The molecule has 4 aliphatic carbocycles. The van der Waals surface area contributed by atoms with E-state index in [4.69, 9.17) is 0 Å². The Hall–Kier alpha value is -0.690. The van der Waals surface area contributed by atoms with E-state index in [0.29, 0.717) is 17.9 Å². The molecule has 4 saturated carbocycles. The molecule has 0 aromatic heterocycles. The molecular weight excluding hydrogens is 470 g/mol. The van der Waals surface area contributed by atoms with Crippen molar-refractivity contribution in [2.45, 2.75) is 135 Å². The van der Waals surface area contributed by atoms with Crippen molar-refractivity contribution in [1.29, 1.82) is 0 Å². The first-order valence-electron chi connectivity index (χ1n) is 16.7. The fraction of sp³-hybridized carbons (Fsp3) is 0.969. The van der Waals surface area contributed by atoms with Crippen LogP contribution in [0, 0.1) is 35.0 Å². The Kier molecular flexibility index (Phi) is 9.76. The van der Waals surface area contributed by atoms with Crippen LogP contribution in [0.15, 0.2) is 0 Å². The van der Waals surface area contributed by atoms with Crippen molar-refractivity contribution >= 4 is 5.91 Å². The zero-order valence-electron chi connectivity index (χ0n) is 24.9. The largest absolute Gasteiger partial charge is 0.354 e. The van der Waals surface area contributed by atoms with Gasteiger partial charge in [-0.3, -0.25) is 15.6 Å². The van der Waals surface area contributed by atoms with Crippen LogP contribution < -0.4 is 26.8 Å². The number of carbonyl (C=O) groups is 1. The van der Waals surface area contributed by atoms with Crippen LogP contribution in [0.2, 0.25) is 0 Å². The Balaban J connectivity index is 1.25. The number of amides is 1. The predicted molar refractivity (Wildman–Crippen MR) is 157 cm³/mol. The number of fused-ring (bicyclic) bond motifs is 14. The third-order valence-electron chi connectivity index (χ3n) is 11.9. The normalized spacial score (nSPS) is 42.4. The van der Waals surface area contributed by atoms with E-state index in [9.17, 15) is 4.79 Å². The molecule has 0 radical (unpaired) electrons. The highest BCUT2D eigenvalue weighted by Gasteiger charge is 2.61. The molecule has 6 heteroatoms. The quantitative estimate of drug-likeness (QED) is 0.350. The second kappa shape index (κ2) is 12.9. The van der Waals surface area contributed by atoms with Gasteiger partial charge in [0.25, 0.3) is 0 Å². The van der Waals surface area contributed by atoms with Crippen molar-refractivity contribution in [2.24, 2.45) is 35.0 Å². The second-order valence-electron chi connectivity index (χ2n) is 14.4. The van der Waals surface area contributed by atoms with Gasteiger partial charge in [0.05, 0.1) is 0 Å². The summed E-state index contributed by atoms with van der Waals surface area (Å²) in [7, 11) is 0. The Morgan fingerprint density at radius 2 is 1.76 bits per heavy atom. The zero-order valence-corrected chi connectivity index (χ0v) is 24.9. The zero-order chi connectivity index (χ0) is 26.6. The minimum absolute atomic E-state index is 0.241. The summed E-state index contributed by atoms with van der Waals surface area (Å²) in [4.78, 5) is 12.2. The molecule has 38 heavy (non-hydrogen) atoms. The summed E-state index contributed by atoms with van der Waals surface area (Å²) in [5.74, 6) is 4.43. The van der Waals surface area contributed by atoms with Gasteiger partial charge in [0.1, 0.15) is 0 Å². The first kappa shape index (κ1) is 28.8. The van der Waals surface area contributed by atoms with E-state index in [1.807, 2.05) is 0 Å². The van der Waals surface area contributed by atoms with Crippen LogP contribution in [0.25, 0.3) is 0 Å². The minimum atomic E-state index is 0.241. The second-order valence-corrected chi connectivity index (χ2v) is 14.4. The molecule has 5 unspecified atom stereocenters. The van der Waals surface area contributed by atoms with Gasteiger partial charge in [-0.2, -0.15) is 0 Å². The Labute approximate surface area is 233 Å². The van der Waals surface area contributed by atoms with Crippen LogP contribution >= 0.6 is 0 Å². The van der Waals surface area contributed by atoms with Crippen LogP contribution in [-0.4, -0.2) is 49.7 Å². The van der Waals surface area contributed by atoms with Gasteiger partial charge in [-0.05, 0) is 158 Å². The molecule has 2 bridgehead atoms. The molecule has 0 aromatic rings. The highest BCUT2D eigenvalue weighted by Crippen LogP contribution is 2.65. The number of hydrogen-bond donors (Lipinski definition) is 5. The van der Waals surface area contributed by atoms with E-state index in [1.165, 1.54) is 83.5 Å². The van der Waals surface area contributed by atoms with Gasteiger partial charge in [-0.25, -0.2) is 0 Å². The standard InChI is InChI=1S/C32H59N5O/c1-23(2)36-30(38)9-6-8-24-11-13-28-27-12-10-25-22-26-14-17-32(25,29(27)15-16-31(24,28)3)37-35-21-5-4-18-33-19-7-20-34-26/h23-29,33-35,37H,4-22H2,1-3H3,(H,36,38)/t24-,25?,26?,27?,28?,29?,31+,32+/m0/s1. The van der Waals surface area contributed by atoms with E-state index in [0.717, 1.165) is 62.2 Å². The summed E-state index contributed by atoms with van der Waals surface area (Å²) in [6, 6.07) is 0.954. The molecule has 6 aliphatic rings. The van der Waals surface area contributed by atoms with Gasteiger partial charge in [0.15, 0.2) is 0 Å². The van der Waals surface area contributed by atoms with E-state index in [2.05, 4.69) is 47.6 Å². The molecule has 2 aliphatic heterocycles.